The molecule has 1 aromatic rings. The number of nitrogens with zero attached hydrogens (tertiary/aromatic N) is 1. The summed E-state index contributed by atoms with van der Waals surface area (Å²) in [5.74, 6) is 0.139. The predicted molar refractivity (Wildman–Crippen MR) is 49.4 cm³/mol. The summed E-state index contributed by atoms with van der Waals surface area (Å²) in [4.78, 5) is 1.83. The van der Waals surface area contributed by atoms with Gasteiger partial charge in [0.15, 0.2) is 5.96 Å². The van der Waals surface area contributed by atoms with Crippen LogP contribution in [0.3, 0.4) is 0 Å². The van der Waals surface area contributed by atoms with Crippen molar-refractivity contribution in [3.63, 3.8) is 0 Å². The molecule has 0 atom stereocenters. The van der Waals surface area contributed by atoms with Crippen LogP contribution in [0.2, 0.25) is 0 Å². The minimum atomic E-state index is 0. The Morgan fingerprint density at radius 2 is 2.08 bits per heavy atom. The van der Waals surface area contributed by atoms with Crippen LogP contribution in [0.4, 0.5) is 5.69 Å². The van der Waals surface area contributed by atoms with Gasteiger partial charge in [-0.15, -0.1) is 0 Å². The van der Waals surface area contributed by atoms with Gasteiger partial charge in [0.1, 0.15) is 0 Å². The normalized spacial score (nSPS) is 13.4. The summed E-state index contributed by atoms with van der Waals surface area (Å²) in [6.45, 7) is 0.842. The quantitative estimate of drug-likeness (QED) is 0.371. The van der Waals surface area contributed by atoms with E-state index in [0.717, 1.165) is 18.7 Å². The van der Waals surface area contributed by atoms with Crippen molar-refractivity contribution >= 4 is 11.6 Å². The molecule has 0 radical (unpaired) electrons. The maximum absolute atomic E-state index is 7.33. The number of guanidine groups is 1. The van der Waals surface area contributed by atoms with Crippen LogP contribution in [-0.2, 0) is 6.42 Å². The number of benzene rings is 1. The van der Waals surface area contributed by atoms with Crippen LogP contribution in [0, 0.1) is 5.41 Å². The standard InChI is InChI=1S/C9H11N3.ClH/c10-9(11)12-6-5-7-3-1-2-4-8(7)12;/h1-4H,5-6H2,(H3,10,11);1H/p-1. The number of anilines is 1. The minimum absolute atomic E-state index is 0. The summed E-state index contributed by atoms with van der Waals surface area (Å²) in [6.07, 6.45) is 0.996. The monoisotopic (exact) mass is 196 g/mol. The molecule has 0 bridgehead atoms. The second kappa shape index (κ2) is 3.66. The number of hydrogen-bond donors (Lipinski definition) is 2. The maximum Gasteiger partial charge on any atom is 0.192 e. The van der Waals surface area contributed by atoms with Crippen LogP contribution in [0.5, 0.6) is 0 Å². The van der Waals surface area contributed by atoms with E-state index in [1.54, 1.807) is 0 Å². The largest absolute Gasteiger partial charge is 1.00 e. The van der Waals surface area contributed by atoms with E-state index in [4.69, 9.17) is 11.1 Å². The Balaban J connectivity index is 0.000000845. The van der Waals surface area contributed by atoms with Gasteiger partial charge in [-0.3, -0.25) is 5.41 Å². The third kappa shape index (κ3) is 1.60. The Bertz CT molecular complexity index is 324. The zero-order valence-corrected chi connectivity index (χ0v) is 7.88. The first-order valence-corrected chi connectivity index (χ1v) is 3.98. The van der Waals surface area contributed by atoms with Gasteiger partial charge in [-0.25, -0.2) is 0 Å². The van der Waals surface area contributed by atoms with E-state index in [1.165, 1.54) is 5.56 Å². The topological polar surface area (TPSA) is 53.1 Å². The summed E-state index contributed by atoms with van der Waals surface area (Å²) < 4.78 is 0. The molecular formula is C9H11ClN3-. The molecule has 0 spiro atoms. The van der Waals surface area contributed by atoms with E-state index in [1.807, 2.05) is 23.1 Å². The molecule has 2 rings (SSSR count). The number of fused-ring (bicyclic) bond motifs is 1. The van der Waals surface area contributed by atoms with Crippen LogP contribution >= 0.6 is 0 Å². The van der Waals surface area contributed by atoms with Crippen LogP contribution in [0.1, 0.15) is 5.56 Å². The lowest BCUT2D eigenvalue weighted by Crippen LogP contribution is -3.00. The molecule has 1 heterocycles. The lowest BCUT2D eigenvalue weighted by molar-refractivity contribution is -0.00000279. The lowest BCUT2D eigenvalue weighted by atomic mass is 10.2. The molecule has 0 unspecified atom stereocenters. The molecule has 1 aliphatic rings. The van der Waals surface area contributed by atoms with Crippen molar-refractivity contribution in [3.05, 3.63) is 29.8 Å². The van der Waals surface area contributed by atoms with Crippen LogP contribution in [0.25, 0.3) is 0 Å². The zero-order chi connectivity index (χ0) is 8.55. The first-order valence-electron chi connectivity index (χ1n) is 3.98. The average Bonchev–Trinajstić information content (AvgIpc) is 2.47. The van der Waals surface area contributed by atoms with Crippen molar-refractivity contribution in [1.82, 2.24) is 0 Å². The molecule has 0 saturated heterocycles. The van der Waals surface area contributed by atoms with Gasteiger partial charge in [0, 0.05) is 12.2 Å². The lowest BCUT2D eigenvalue weighted by Gasteiger charge is -2.15. The Labute approximate surface area is 83.5 Å². The molecule has 0 amide bonds. The molecule has 4 heteroatoms. The van der Waals surface area contributed by atoms with Crippen LogP contribution in [0.15, 0.2) is 24.3 Å². The van der Waals surface area contributed by atoms with Gasteiger partial charge in [0.25, 0.3) is 0 Å². The highest BCUT2D eigenvalue weighted by Gasteiger charge is 2.19. The number of nitrogens with one attached hydrogen (secondary N) is 1. The van der Waals surface area contributed by atoms with Gasteiger partial charge >= 0.3 is 0 Å². The third-order valence-electron chi connectivity index (χ3n) is 2.18. The van der Waals surface area contributed by atoms with Crippen molar-refractivity contribution in [2.45, 2.75) is 6.42 Å². The summed E-state index contributed by atoms with van der Waals surface area (Å²) in [5.41, 5.74) is 7.79. The molecule has 1 aromatic carbocycles. The van der Waals surface area contributed by atoms with Gasteiger partial charge < -0.3 is 23.0 Å². The van der Waals surface area contributed by atoms with Gasteiger partial charge in [-0.05, 0) is 18.1 Å². The van der Waals surface area contributed by atoms with Crippen molar-refractivity contribution in [2.75, 3.05) is 11.4 Å². The molecule has 3 nitrogen and oxygen atoms in total. The number of para-hydroxylation sites is 1. The van der Waals surface area contributed by atoms with Crippen molar-refractivity contribution in [1.29, 1.82) is 5.41 Å². The van der Waals surface area contributed by atoms with E-state index < -0.39 is 0 Å². The highest BCUT2D eigenvalue weighted by atomic mass is 35.5. The SMILES string of the molecule is N=C(N)N1CCc2ccccc21.[Cl-]. The van der Waals surface area contributed by atoms with Gasteiger partial charge in [0.2, 0.25) is 0 Å². The Morgan fingerprint density at radius 3 is 2.77 bits per heavy atom. The number of rotatable bonds is 0. The Kier molecular flexibility index (Phi) is 2.78. The molecule has 3 N–H and O–H groups in total. The molecular weight excluding hydrogens is 186 g/mol. The number of halogens is 1. The minimum Gasteiger partial charge on any atom is -1.00 e. The van der Waals surface area contributed by atoms with E-state index in [0.29, 0.717) is 0 Å². The molecule has 0 aliphatic carbocycles. The highest BCUT2D eigenvalue weighted by Crippen LogP contribution is 2.26. The van der Waals surface area contributed by atoms with Crippen molar-refractivity contribution in [2.24, 2.45) is 5.73 Å². The fourth-order valence-electron chi connectivity index (χ4n) is 1.59. The average molecular weight is 197 g/mol. The second-order valence-corrected chi connectivity index (χ2v) is 2.92. The number of nitrogens with two attached hydrogens (primary N) is 1. The first kappa shape index (κ1) is 9.86. The summed E-state index contributed by atoms with van der Waals surface area (Å²) in [7, 11) is 0. The van der Waals surface area contributed by atoms with E-state index >= 15 is 0 Å². The second-order valence-electron chi connectivity index (χ2n) is 2.92. The molecule has 0 aromatic heterocycles. The Hall–Kier alpha value is -1.22. The highest BCUT2D eigenvalue weighted by molar-refractivity contribution is 5.94. The predicted octanol–water partition coefficient (Wildman–Crippen LogP) is -2.05. The first-order chi connectivity index (χ1) is 5.79. The summed E-state index contributed by atoms with van der Waals surface area (Å²) in [5, 5.41) is 7.33. The van der Waals surface area contributed by atoms with Crippen molar-refractivity contribution < 1.29 is 12.4 Å². The molecule has 0 saturated carbocycles. The molecule has 1 aliphatic heterocycles. The maximum atomic E-state index is 7.33. The fraction of sp³-hybridized carbons (Fsp3) is 0.222. The van der Waals surface area contributed by atoms with E-state index in [9.17, 15) is 0 Å². The molecule has 0 fully saturated rings. The van der Waals surface area contributed by atoms with Gasteiger partial charge in [-0.1, -0.05) is 18.2 Å². The number of hydrogen-bond acceptors (Lipinski definition) is 1. The third-order valence-corrected chi connectivity index (χ3v) is 2.18. The van der Waals surface area contributed by atoms with Crippen molar-refractivity contribution in [3.8, 4) is 0 Å². The summed E-state index contributed by atoms with van der Waals surface area (Å²) >= 11 is 0. The smallest absolute Gasteiger partial charge is 0.192 e. The summed E-state index contributed by atoms with van der Waals surface area (Å²) in [6, 6.07) is 8.07. The molecule has 70 valence electrons. The van der Waals surface area contributed by atoms with Gasteiger partial charge in [0.05, 0.1) is 0 Å². The van der Waals surface area contributed by atoms with Gasteiger partial charge in [-0.2, -0.15) is 0 Å². The van der Waals surface area contributed by atoms with Crippen LogP contribution in [-0.4, -0.2) is 12.5 Å². The van der Waals surface area contributed by atoms with E-state index in [2.05, 4.69) is 6.07 Å². The Morgan fingerprint density at radius 1 is 1.38 bits per heavy atom. The molecule has 13 heavy (non-hydrogen) atoms. The fourth-order valence-corrected chi connectivity index (χ4v) is 1.59. The van der Waals surface area contributed by atoms with Crippen LogP contribution < -0.4 is 23.0 Å². The van der Waals surface area contributed by atoms with E-state index in [-0.39, 0.29) is 18.4 Å². The zero-order valence-electron chi connectivity index (χ0n) is 7.13.